The molecule has 5 atom stereocenters. The largest absolute Gasteiger partial charge is 0.507 e. The normalized spacial score (nSPS) is 21.3. The molecule has 51 heavy (non-hydrogen) atoms. The minimum absolute atomic E-state index is 0.0000304. The fraction of sp³-hybridized carbons (Fsp3) is 0.615. The van der Waals surface area contributed by atoms with Gasteiger partial charge in [-0.2, -0.15) is 0 Å². The number of fused-ring (bicyclic) bond motifs is 1. The van der Waals surface area contributed by atoms with Crippen LogP contribution < -0.4 is 10.2 Å². The average molecular weight is 715 g/mol. The van der Waals surface area contributed by atoms with Crippen molar-refractivity contribution in [1.82, 2.24) is 9.80 Å². The Labute approximate surface area is 300 Å². The van der Waals surface area contributed by atoms with Crippen LogP contribution in [0.15, 0.2) is 39.7 Å². The molecule has 2 heterocycles. The lowest BCUT2D eigenvalue weighted by Crippen LogP contribution is -2.60. The highest BCUT2D eigenvalue weighted by molar-refractivity contribution is 5.92. The molecular weight excluding hydrogens is 656 g/mol. The summed E-state index contributed by atoms with van der Waals surface area (Å²) in [6.45, 7) is 20.0. The first-order valence-electron chi connectivity index (χ1n) is 18.1. The maximum Gasteiger partial charge on any atom is 0.229 e. The summed E-state index contributed by atoms with van der Waals surface area (Å²) >= 11 is 0. The van der Waals surface area contributed by atoms with Gasteiger partial charge in [0.05, 0.1) is 23.3 Å². The average Bonchev–Trinajstić information content (AvgIpc) is 3.04. The molecule has 1 aliphatic heterocycles. The van der Waals surface area contributed by atoms with Crippen LogP contribution in [0.25, 0.3) is 22.1 Å². The molecule has 0 unspecified atom stereocenters. The molecule has 0 radical (unpaired) electrons. The number of aromatic hydroxyl groups is 2. The van der Waals surface area contributed by atoms with Gasteiger partial charge in [-0.25, -0.2) is 0 Å². The minimum atomic E-state index is -1.59. The van der Waals surface area contributed by atoms with Crippen molar-refractivity contribution in [1.29, 1.82) is 0 Å². The van der Waals surface area contributed by atoms with Gasteiger partial charge in [-0.05, 0) is 41.4 Å². The number of ether oxygens (including phenoxy) is 2. The van der Waals surface area contributed by atoms with E-state index in [4.69, 9.17) is 13.9 Å². The summed E-state index contributed by atoms with van der Waals surface area (Å²) in [5, 5.41) is 63.7. The van der Waals surface area contributed by atoms with Gasteiger partial charge in [0.15, 0.2) is 0 Å². The predicted molar refractivity (Wildman–Crippen MR) is 196 cm³/mol. The van der Waals surface area contributed by atoms with Crippen molar-refractivity contribution < 1.29 is 44.5 Å². The van der Waals surface area contributed by atoms with E-state index in [1.807, 2.05) is 0 Å². The topological polar surface area (TPSA) is 177 Å². The fourth-order valence-corrected chi connectivity index (χ4v) is 6.89. The summed E-state index contributed by atoms with van der Waals surface area (Å²) in [6, 6.07) is 6.30. The number of hydrogen-bond acceptors (Lipinski definition) is 12. The van der Waals surface area contributed by atoms with Gasteiger partial charge in [0.1, 0.15) is 58.9 Å². The fourth-order valence-electron chi connectivity index (χ4n) is 6.89. The molecule has 0 aliphatic carbocycles. The van der Waals surface area contributed by atoms with E-state index in [0.717, 1.165) is 26.2 Å². The molecule has 3 aromatic rings. The van der Waals surface area contributed by atoms with Crippen molar-refractivity contribution in [3.05, 3.63) is 51.9 Å². The third kappa shape index (κ3) is 9.81. The molecule has 1 saturated heterocycles. The number of aliphatic hydroxyl groups is 4. The lowest BCUT2D eigenvalue weighted by atomic mass is 9.97. The smallest absolute Gasteiger partial charge is 0.229 e. The highest BCUT2D eigenvalue weighted by Crippen LogP contribution is 2.41. The molecule has 1 aliphatic rings. The van der Waals surface area contributed by atoms with Crippen LogP contribution in [0.1, 0.15) is 66.5 Å². The zero-order valence-corrected chi connectivity index (χ0v) is 31.2. The summed E-state index contributed by atoms with van der Waals surface area (Å²) in [4.78, 5) is 18.8. The van der Waals surface area contributed by atoms with Gasteiger partial charge >= 0.3 is 0 Å². The second-order valence-corrected chi connectivity index (χ2v) is 15.6. The van der Waals surface area contributed by atoms with Crippen molar-refractivity contribution >= 4 is 11.0 Å². The lowest BCUT2D eigenvalue weighted by molar-refractivity contribution is -0.277. The number of nitrogens with zero attached hydrogens (tertiary/aromatic N) is 2. The van der Waals surface area contributed by atoms with Gasteiger partial charge in [0.2, 0.25) is 11.7 Å². The first kappa shape index (κ1) is 40.5. The van der Waals surface area contributed by atoms with Crippen LogP contribution >= 0.6 is 0 Å². The summed E-state index contributed by atoms with van der Waals surface area (Å²) in [7, 11) is 0. The molecule has 12 nitrogen and oxygen atoms in total. The van der Waals surface area contributed by atoms with E-state index < -0.39 is 42.7 Å². The van der Waals surface area contributed by atoms with E-state index in [1.54, 1.807) is 24.3 Å². The van der Waals surface area contributed by atoms with Gasteiger partial charge in [-0.15, -0.1) is 0 Å². The predicted octanol–water partition coefficient (Wildman–Crippen LogP) is 4.28. The Kier molecular flexibility index (Phi) is 13.9. The van der Waals surface area contributed by atoms with Crippen molar-refractivity contribution in [2.45, 2.75) is 99.2 Å². The number of aliphatic hydroxyl groups excluding tert-OH is 4. The minimum Gasteiger partial charge on any atom is -0.507 e. The van der Waals surface area contributed by atoms with Gasteiger partial charge < -0.3 is 44.5 Å². The number of rotatable bonds is 16. The van der Waals surface area contributed by atoms with E-state index in [-0.39, 0.29) is 40.3 Å². The standard InChI is InChI=1S/C39H58N2O10/c1-21(2)13-40(14-22(3)4)17-27-32(43)28(18-41(15-23(5)6)16-24(7)8)38-31(33(27)44)34(45)29(20-49-38)25-9-11-26(12-10-25)50-39-37(48)36(47)35(46)30(19-42)51-39/h9-12,20-24,30,35-37,39,42-44,46-48H,13-19H2,1-8H3/t30-,35-,36+,37-,39+/m0/s1. The van der Waals surface area contributed by atoms with Crippen LogP contribution in [-0.2, 0) is 17.8 Å². The molecule has 0 amide bonds. The highest BCUT2D eigenvalue weighted by atomic mass is 16.7. The van der Waals surface area contributed by atoms with Crippen molar-refractivity contribution in [3.8, 4) is 28.4 Å². The number of phenols is 2. The molecule has 284 valence electrons. The van der Waals surface area contributed by atoms with E-state index in [9.17, 15) is 35.4 Å². The van der Waals surface area contributed by atoms with E-state index in [2.05, 4.69) is 65.2 Å². The summed E-state index contributed by atoms with van der Waals surface area (Å²) in [5.74, 6) is 1.24. The van der Waals surface area contributed by atoms with Gasteiger partial charge in [-0.3, -0.25) is 14.6 Å². The number of phenolic OH excluding ortho intramolecular Hbond substituents is 2. The molecule has 0 bridgehead atoms. The van der Waals surface area contributed by atoms with E-state index in [0.29, 0.717) is 46.9 Å². The van der Waals surface area contributed by atoms with Crippen LogP contribution in [0.4, 0.5) is 0 Å². The number of benzene rings is 2. The molecule has 4 rings (SSSR count). The van der Waals surface area contributed by atoms with Crippen LogP contribution in [-0.4, -0.2) is 104 Å². The quantitative estimate of drug-likeness (QED) is 0.124. The van der Waals surface area contributed by atoms with Gasteiger partial charge in [-0.1, -0.05) is 67.5 Å². The third-order valence-electron chi connectivity index (χ3n) is 8.88. The zero-order valence-electron chi connectivity index (χ0n) is 31.2. The Morgan fingerprint density at radius 2 is 1.24 bits per heavy atom. The number of hydrogen-bond donors (Lipinski definition) is 6. The molecule has 1 fully saturated rings. The molecule has 6 N–H and O–H groups in total. The first-order chi connectivity index (χ1) is 24.0. The molecule has 0 saturated carbocycles. The zero-order chi connectivity index (χ0) is 37.7. The van der Waals surface area contributed by atoms with E-state index in [1.165, 1.54) is 6.26 Å². The van der Waals surface area contributed by atoms with Crippen LogP contribution in [0.3, 0.4) is 0 Å². The van der Waals surface area contributed by atoms with Crippen LogP contribution in [0.5, 0.6) is 17.2 Å². The second-order valence-electron chi connectivity index (χ2n) is 15.6. The van der Waals surface area contributed by atoms with E-state index >= 15 is 0 Å². The Hall–Kier alpha value is -3.23. The Balaban J connectivity index is 1.79. The summed E-state index contributed by atoms with van der Waals surface area (Å²) in [5.41, 5.74) is 1.08. The third-order valence-corrected chi connectivity index (χ3v) is 8.88. The van der Waals surface area contributed by atoms with Gasteiger partial charge in [0, 0.05) is 39.3 Å². The monoisotopic (exact) mass is 714 g/mol. The highest BCUT2D eigenvalue weighted by Gasteiger charge is 2.44. The maximum atomic E-state index is 14.3. The Bertz CT molecular complexity index is 1620. The van der Waals surface area contributed by atoms with Gasteiger partial charge in [0.25, 0.3) is 0 Å². The molecule has 2 aromatic carbocycles. The molecule has 12 heteroatoms. The molecule has 1 aromatic heterocycles. The first-order valence-corrected chi connectivity index (χ1v) is 18.1. The van der Waals surface area contributed by atoms with Crippen LogP contribution in [0, 0.1) is 23.7 Å². The molecule has 0 spiro atoms. The maximum absolute atomic E-state index is 14.3. The van der Waals surface area contributed by atoms with Crippen LogP contribution in [0.2, 0.25) is 0 Å². The van der Waals surface area contributed by atoms with Crippen molar-refractivity contribution in [2.75, 3.05) is 32.8 Å². The SMILES string of the molecule is CC(C)CN(Cc1c(O)c(CN(CC(C)C)CC(C)C)c2occ(-c3ccc(O[C@@H]4O[C@@H](CO)[C@H](O)[C@@H](O)[C@@H]4O)cc3)c(=O)c2c1O)CC(C)C. The summed E-state index contributed by atoms with van der Waals surface area (Å²) < 4.78 is 17.3. The van der Waals surface area contributed by atoms with Crippen molar-refractivity contribution in [3.63, 3.8) is 0 Å². The second kappa shape index (κ2) is 17.5. The Morgan fingerprint density at radius 1 is 0.725 bits per heavy atom. The lowest BCUT2D eigenvalue weighted by Gasteiger charge is -2.39. The Morgan fingerprint density at radius 3 is 1.73 bits per heavy atom. The summed E-state index contributed by atoms with van der Waals surface area (Å²) in [6.07, 6.45) is -5.83. The van der Waals surface area contributed by atoms with Crippen molar-refractivity contribution in [2.24, 2.45) is 23.7 Å². The molecular formula is C39H58N2O10.